The number of rotatable bonds is 2. The van der Waals surface area contributed by atoms with Crippen molar-refractivity contribution >= 4 is 43.2 Å². The molecule has 4 nitrogen and oxygen atoms in total. The van der Waals surface area contributed by atoms with Crippen LogP contribution in [0, 0.1) is 5.82 Å². The molecule has 1 rings (SSSR count). The van der Waals surface area contributed by atoms with E-state index in [1.54, 1.807) is 0 Å². The third-order valence-electron chi connectivity index (χ3n) is 1.92. The van der Waals surface area contributed by atoms with Crippen molar-refractivity contribution in [3.8, 4) is 0 Å². The molecular weight excluding hydrogens is 323 g/mol. The van der Waals surface area contributed by atoms with Gasteiger partial charge in [-0.25, -0.2) is 17.1 Å². The standard InChI is InChI=1S/C8H9BrClFN2O2S/c1-13(2)16(14,15)5-3-4(10)6(9)8(12)7(5)11/h3H,12H2,1-2H3. The molecule has 0 aliphatic carbocycles. The number of sulfonamides is 1. The zero-order valence-electron chi connectivity index (χ0n) is 8.46. The van der Waals surface area contributed by atoms with E-state index in [9.17, 15) is 12.8 Å². The van der Waals surface area contributed by atoms with Crippen molar-refractivity contribution < 1.29 is 12.8 Å². The molecule has 1 aromatic rings. The first-order chi connectivity index (χ1) is 7.19. The van der Waals surface area contributed by atoms with Gasteiger partial charge in [0.05, 0.1) is 15.2 Å². The van der Waals surface area contributed by atoms with Gasteiger partial charge in [-0.3, -0.25) is 0 Å². The second kappa shape index (κ2) is 4.48. The predicted octanol–water partition coefficient (Wildman–Crippen LogP) is 2.07. The van der Waals surface area contributed by atoms with E-state index in [0.29, 0.717) is 0 Å². The Labute approximate surface area is 106 Å². The molecule has 0 saturated heterocycles. The maximum atomic E-state index is 13.7. The van der Waals surface area contributed by atoms with Crippen LogP contribution in [0.25, 0.3) is 0 Å². The summed E-state index contributed by atoms with van der Waals surface area (Å²) in [7, 11) is -1.31. The highest BCUT2D eigenvalue weighted by atomic mass is 79.9. The fraction of sp³-hybridized carbons (Fsp3) is 0.250. The second-order valence-corrected chi connectivity index (χ2v) is 6.51. The molecule has 2 N–H and O–H groups in total. The number of nitrogens with zero attached hydrogens (tertiary/aromatic N) is 1. The van der Waals surface area contributed by atoms with E-state index < -0.39 is 20.7 Å². The van der Waals surface area contributed by atoms with E-state index >= 15 is 0 Å². The molecule has 0 aromatic heterocycles. The van der Waals surface area contributed by atoms with Gasteiger partial charge in [0.25, 0.3) is 0 Å². The fourth-order valence-corrected chi connectivity index (χ4v) is 2.54. The lowest BCUT2D eigenvalue weighted by Gasteiger charge is -2.14. The summed E-state index contributed by atoms with van der Waals surface area (Å²) in [6.07, 6.45) is 0. The Morgan fingerprint density at radius 2 is 2.00 bits per heavy atom. The quantitative estimate of drug-likeness (QED) is 0.666. The smallest absolute Gasteiger partial charge is 0.245 e. The van der Waals surface area contributed by atoms with Gasteiger partial charge in [-0.15, -0.1) is 0 Å². The monoisotopic (exact) mass is 330 g/mol. The first kappa shape index (κ1) is 13.7. The lowest BCUT2D eigenvalue weighted by atomic mass is 10.3. The van der Waals surface area contributed by atoms with Crippen molar-refractivity contribution in [2.75, 3.05) is 19.8 Å². The molecule has 0 atom stereocenters. The zero-order valence-corrected chi connectivity index (χ0v) is 11.6. The molecule has 0 aliphatic rings. The maximum absolute atomic E-state index is 13.7. The van der Waals surface area contributed by atoms with Crippen LogP contribution in [0.15, 0.2) is 15.4 Å². The van der Waals surface area contributed by atoms with Gasteiger partial charge in [0.1, 0.15) is 4.90 Å². The molecule has 0 amide bonds. The van der Waals surface area contributed by atoms with Crippen molar-refractivity contribution in [1.29, 1.82) is 0 Å². The van der Waals surface area contributed by atoms with Crippen molar-refractivity contribution in [2.24, 2.45) is 0 Å². The molecule has 0 aliphatic heterocycles. The number of anilines is 1. The Balaban J connectivity index is 3.61. The Morgan fingerprint density at radius 1 is 1.50 bits per heavy atom. The Morgan fingerprint density at radius 3 is 2.44 bits per heavy atom. The van der Waals surface area contributed by atoms with Crippen molar-refractivity contribution in [1.82, 2.24) is 4.31 Å². The van der Waals surface area contributed by atoms with Crippen LogP contribution in [-0.2, 0) is 10.0 Å². The largest absolute Gasteiger partial charge is 0.395 e. The molecule has 16 heavy (non-hydrogen) atoms. The Kier molecular flexibility index (Phi) is 3.83. The van der Waals surface area contributed by atoms with Gasteiger partial charge in [-0.05, 0) is 22.0 Å². The molecular formula is C8H9BrClFN2O2S. The summed E-state index contributed by atoms with van der Waals surface area (Å²) in [6.45, 7) is 0. The molecule has 0 unspecified atom stereocenters. The third-order valence-corrected chi connectivity index (χ3v) is 5.11. The van der Waals surface area contributed by atoms with E-state index in [1.165, 1.54) is 14.1 Å². The average molecular weight is 332 g/mol. The van der Waals surface area contributed by atoms with Crippen LogP contribution < -0.4 is 5.73 Å². The van der Waals surface area contributed by atoms with Gasteiger partial charge < -0.3 is 5.73 Å². The maximum Gasteiger partial charge on any atom is 0.245 e. The van der Waals surface area contributed by atoms with Crippen LogP contribution >= 0.6 is 27.5 Å². The topological polar surface area (TPSA) is 63.4 Å². The van der Waals surface area contributed by atoms with Gasteiger partial charge in [-0.1, -0.05) is 11.6 Å². The van der Waals surface area contributed by atoms with Gasteiger partial charge in [0.2, 0.25) is 10.0 Å². The summed E-state index contributed by atoms with van der Waals surface area (Å²) in [5, 5.41) is 0.0410. The van der Waals surface area contributed by atoms with Crippen LogP contribution in [0.2, 0.25) is 5.02 Å². The van der Waals surface area contributed by atoms with E-state index in [0.717, 1.165) is 10.4 Å². The number of nitrogen functional groups attached to an aromatic ring is 1. The summed E-state index contributed by atoms with van der Waals surface area (Å²) < 4.78 is 38.2. The van der Waals surface area contributed by atoms with Crippen LogP contribution in [0.1, 0.15) is 0 Å². The van der Waals surface area contributed by atoms with Crippen LogP contribution in [-0.4, -0.2) is 26.8 Å². The molecule has 0 bridgehead atoms. The minimum absolute atomic E-state index is 0.0410. The molecule has 1 aromatic carbocycles. The number of hydrogen-bond donors (Lipinski definition) is 1. The normalized spacial score (nSPS) is 12.1. The minimum atomic E-state index is -3.90. The van der Waals surface area contributed by atoms with Gasteiger partial charge in [-0.2, -0.15) is 0 Å². The number of nitrogens with two attached hydrogens (primary N) is 1. The van der Waals surface area contributed by atoms with Gasteiger partial charge >= 0.3 is 0 Å². The molecule has 8 heteroatoms. The lowest BCUT2D eigenvalue weighted by molar-refractivity contribution is 0.508. The lowest BCUT2D eigenvalue weighted by Crippen LogP contribution is -2.23. The summed E-state index contributed by atoms with van der Waals surface area (Å²) in [5.74, 6) is -1.01. The Hall–Kier alpha value is -0.370. The Bertz CT molecular complexity index is 533. The van der Waals surface area contributed by atoms with E-state index in [2.05, 4.69) is 15.9 Å². The van der Waals surface area contributed by atoms with Crippen LogP contribution in [0.5, 0.6) is 0 Å². The molecule has 0 heterocycles. The van der Waals surface area contributed by atoms with E-state index in [1.807, 2.05) is 0 Å². The number of halogens is 3. The first-order valence-corrected chi connectivity index (χ1v) is 6.66. The van der Waals surface area contributed by atoms with Gasteiger partial charge in [0.15, 0.2) is 5.82 Å². The average Bonchev–Trinajstić information content (AvgIpc) is 2.19. The van der Waals surface area contributed by atoms with Crippen molar-refractivity contribution in [3.63, 3.8) is 0 Å². The predicted molar refractivity (Wildman–Crippen MR) is 64.4 cm³/mol. The highest BCUT2D eigenvalue weighted by Crippen LogP contribution is 2.35. The number of hydrogen-bond acceptors (Lipinski definition) is 3. The highest BCUT2D eigenvalue weighted by Gasteiger charge is 2.25. The van der Waals surface area contributed by atoms with Crippen molar-refractivity contribution in [3.05, 3.63) is 21.4 Å². The van der Waals surface area contributed by atoms with Crippen molar-refractivity contribution in [2.45, 2.75) is 4.90 Å². The third kappa shape index (κ3) is 2.17. The zero-order chi connectivity index (χ0) is 12.7. The summed E-state index contributed by atoms with van der Waals surface area (Å²) >= 11 is 8.69. The minimum Gasteiger partial charge on any atom is -0.395 e. The summed E-state index contributed by atoms with van der Waals surface area (Å²) in [5.41, 5.74) is 5.07. The second-order valence-electron chi connectivity index (χ2n) is 3.19. The van der Waals surface area contributed by atoms with Gasteiger partial charge in [0, 0.05) is 14.1 Å². The SMILES string of the molecule is CN(C)S(=O)(=O)c1cc(Cl)c(Br)c(N)c1F. The fourth-order valence-electron chi connectivity index (χ4n) is 0.984. The molecule has 0 spiro atoms. The molecule has 0 saturated carbocycles. The first-order valence-electron chi connectivity index (χ1n) is 4.05. The molecule has 0 fully saturated rings. The van der Waals surface area contributed by atoms with E-state index in [-0.39, 0.29) is 15.2 Å². The summed E-state index contributed by atoms with van der Waals surface area (Å²) in [6, 6.07) is 1.02. The highest BCUT2D eigenvalue weighted by molar-refractivity contribution is 9.10. The molecule has 0 radical (unpaired) electrons. The van der Waals surface area contributed by atoms with Crippen LogP contribution in [0.3, 0.4) is 0 Å². The number of benzene rings is 1. The summed E-state index contributed by atoms with van der Waals surface area (Å²) in [4.78, 5) is -0.539. The van der Waals surface area contributed by atoms with E-state index in [4.69, 9.17) is 17.3 Å². The van der Waals surface area contributed by atoms with Crippen LogP contribution in [0.4, 0.5) is 10.1 Å². The molecule has 90 valence electrons.